The van der Waals surface area contributed by atoms with E-state index in [1.807, 2.05) is 18.2 Å². The fourth-order valence-electron chi connectivity index (χ4n) is 2.92. The average molecular weight is 374 g/mol. The van der Waals surface area contributed by atoms with Crippen LogP contribution in [-0.4, -0.2) is 23.6 Å². The number of aryl methyl sites for hydroxylation is 3. The Morgan fingerprint density at radius 3 is 2.46 bits per heavy atom. The highest BCUT2D eigenvalue weighted by molar-refractivity contribution is 7.93. The molecule has 0 unspecified atom stereocenters. The summed E-state index contributed by atoms with van der Waals surface area (Å²) in [4.78, 5) is 3.18. The molecule has 8 heteroatoms. The van der Waals surface area contributed by atoms with Gasteiger partial charge in [-0.15, -0.1) is 10.2 Å². The van der Waals surface area contributed by atoms with Crippen LogP contribution in [0.2, 0.25) is 0 Å². The normalized spacial score (nSPS) is 11.9. The zero-order chi connectivity index (χ0) is 19.1. The minimum absolute atomic E-state index is 0.119. The van der Waals surface area contributed by atoms with Crippen LogP contribution in [0, 0.1) is 20.8 Å². The van der Waals surface area contributed by atoms with E-state index in [9.17, 15) is 8.42 Å². The third-order valence-electron chi connectivity index (χ3n) is 4.13. The van der Waals surface area contributed by atoms with E-state index in [1.165, 1.54) is 0 Å². The largest absolute Gasteiger partial charge is 0.421 e. The Labute approximate surface area is 152 Å². The van der Waals surface area contributed by atoms with E-state index < -0.39 is 10.0 Å². The molecule has 0 amide bonds. The fourth-order valence-corrected chi connectivity index (χ4v) is 4.42. The number of aromatic amines is 1. The molecule has 0 saturated heterocycles. The van der Waals surface area contributed by atoms with Crippen molar-refractivity contribution < 1.29 is 12.8 Å². The summed E-state index contributed by atoms with van der Waals surface area (Å²) in [7, 11) is -3.84. The van der Waals surface area contributed by atoms with Crippen LogP contribution >= 0.6 is 0 Å². The number of rotatable bonds is 5. The summed E-state index contributed by atoms with van der Waals surface area (Å²) < 4.78 is 34.3. The Balaban J connectivity index is 2.07. The van der Waals surface area contributed by atoms with Gasteiger partial charge in [0.25, 0.3) is 15.9 Å². The first-order valence-corrected chi connectivity index (χ1v) is 9.79. The maximum atomic E-state index is 13.1. The topological polar surface area (TPSA) is 101 Å². The van der Waals surface area contributed by atoms with E-state index in [0.717, 1.165) is 5.56 Å². The number of hydrogen-bond acceptors (Lipinski definition) is 5. The van der Waals surface area contributed by atoms with Gasteiger partial charge in [0.15, 0.2) is 0 Å². The SMILES string of the molecule is Cc1nnc(-c2c(C)[nH]c(C)c2S(=O)(=O)Nc2cccc(C(C)C)c2)o1. The van der Waals surface area contributed by atoms with Crippen LogP contribution in [0.1, 0.15) is 42.6 Å². The van der Waals surface area contributed by atoms with E-state index in [-0.39, 0.29) is 10.8 Å². The highest BCUT2D eigenvalue weighted by Gasteiger charge is 2.29. The molecule has 0 atom stereocenters. The lowest BCUT2D eigenvalue weighted by atomic mass is 10.0. The second-order valence-electron chi connectivity index (χ2n) is 6.59. The molecule has 7 nitrogen and oxygen atoms in total. The molecular weight excluding hydrogens is 352 g/mol. The number of sulfonamides is 1. The Morgan fingerprint density at radius 2 is 1.85 bits per heavy atom. The number of nitrogens with zero attached hydrogens (tertiary/aromatic N) is 2. The summed E-state index contributed by atoms with van der Waals surface area (Å²) in [5, 5.41) is 7.79. The summed E-state index contributed by atoms with van der Waals surface area (Å²) in [5.41, 5.74) is 3.14. The lowest BCUT2D eigenvalue weighted by molar-refractivity contribution is 0.531. The van der Waals surface area contributed by atoms with Gasteiger partial charge in [-0.05, 0) is 37.5 Å². The Morgan fingerprint density at radius 1 is 1.12 bits per heavy atom. The molecule has 0 aliphatic heterocycles. The van der Waals surface area contributed by atoms with E-state index in [4.69, 9.17) is 4.42 Å². The molecule has 3 aromatic rings. The van der Waals surface area contributed by atoms with Crippen molar-refractivity contribution in [2.24, 2.45) is 0 Å². The second-order valence-corrected chi connectivity index (χ2v) is 8.21. The van der Waals surface area contributed by atoms with Crippen LogP contribution in [0.25, 0.3) is 11.5 Å². The number of hydrogen-bond donors (Lipinski definition) is 2. The summed E-state index contributed by atoms with van der Waals surface area (Å²) in [6.45, 7) is 9.26. The van der Waals surface area contributed by atoms with Gasteiger partial charge in [0, 0.05) is 24.0 Å². The van der Waals surface area contributed by atoms with Gasteiger partial charge in [-0.2, -0.15) is 0 Å². The van der Waals surface area contributed by atoms with E-state index in [2.05, 4.69) is 33.8 Å². The maximum Gasteiger partial charge on any atom is 0.264 e. The molecule has 0 radical (unpaired) electrons. The molecule has 1 aromatic carbocycles. The number of nitrogens with one attached hydrogen (secondary N) is 2. The first-order chi connectivity index (χ1) is 12.2. The average Bonchev–Trinajstić information content (AvgIpc) is 3.09. The van der Waals surface area contributed by atoms with Crippen LogP contribution in [0.3, 0.4) is 0 Å². The molecule has 26 heavy (non-hydrogen) atoms. The second kappa shape index (κ2) is 6.60. The molecule has 0 aliphatic rings. The van der Waals surface area contributed by atoms with Crippen LogP contribution in [-0.2, 0) is 10.0 Å². The third-order valence-corrected chi connectivity index (χ3v) is 5.68. The zero-order valence-electron chi connectivity index (χ0n) is 15.4. The van der Waals surface area contributed by atoms with Gasteiger partial charge in [-0.1, -0.05) is 26.0 Å². The summed E-state index contributed by atoms with van der Waals surface area (Å²) in [6.07, 6.45) is 0. The van der Waals surface area contributed by atoms with Gasteiger partial charge in [-0.3, -0.25) is 4.72 Å². The quantitative estimate of drug-likeness (QED) is 0.705. The Hall–Kier alpha value is -2.61. The standard InChI is InChI=1S/C18H22N4O3S/c1-10(2)14-7-6-8-15(9-14)22-26(23,24)17-12(4)19-11(3)16(17)18-21-20-13(5)25-18/h6-10,19,22H,1-5H3. The van der Waals surface area contributed by atoms with E-state index in [0.29, 0.717) is 34.4 Å². The summed E-state index contributed by atoms with van der Waals surface area (Å²) >= 11 is 0. The van der Waals surface area contributed by atoms with Gasteiger partial charge < -0.3 is 9.40 Å². The van der Waals surface area contributed by atoms with Crippen molar-refractivity contribution in [2.45, 2.75) is 45.4 Å². The highest BCUT2D eigenvalue weighted by Crippen LogP contribution is 2.34. The predicted octanol–water partition coefficient (Wildman–Crippen LogP) is 3.91. The monoisotopic (exact) mass is 374 g/mol. The van der Waals surface area contributed by atoms with Crippen molar-refractivity contribution in [3.8, 4) is 11.5 Å². The van der Waals surface area contributed by atoms with Crippen molar-refractivity contribution in [1.82, 2.24) is 15.2 Å². The van der Waals surface area contributed by atoms with Crippen molar-refractivity contribution in [1.29, 1.82) is 0 Å². The Kier molecular flexibility index (Phi) is 4.62. The molecular formula is C18H22N4O3S. The van der Waals surface area contributed by atoms with Gasteiger partial charge in [0.1, 0.15) is 4.90 Å². The first kappa shape index (κ1) is 18.2. The van der Waals surface area contributed by atoms with Crippen LogP contribution in [0.4, 0.5) is 5.69 Å². The van der Waals surface area contributed by atoms with Crippen LogP contribution < -0.4 is 4.72 Å². The number of benzene rings is 1. The summed E-state index contributed by atoms with van der Waals surface area (Å²) in [6, 6.07) is 7.38. The molecule has 0 saturated carbocycles. The van der Waals surface area contributed by atoms with Gasteiger partial charge in [0.2, 0.25) is 5.89 Å². The first-order valence-electron chi connectivity index (χ1n) is 8.31. The molecule has 0 bridgehead atoms. The third kappa shape index (κ3) is 3.37. The number of H-pyrrole nitrogens is 1. The number of anilines is 1. The predicted molar refractivity (Wildman–Crippen MR) is 99.6 cm³/mol. The fraction of sp³-hybridized carbons (Fsp3) is 0.333. The molecule has 3 rings (SSSR count). The van der Waals surface area contributed by atoms with Crippen molar-refractivity contribution in [3.05, 3.63) is 47.1 Å². The molecule has 2 N–H and O–H groups in total. The maximum absolute atomic E-state index is 13.1. The highest BCUT2D eigenvalue weighted by atomic mass is 32.2. The number of aromatic nitrogens is 3. The molecule has 2 aromatic heterocycles. The zero-order valence-corrected chi connectivity index (χ0v) is 16.2. The lowest BCUT2D eigenvalue weighted by Gasteiger charge is -2.12. The van der Waals surface area contributed by atoms with Crippen molar-refractivity contribution >= 4 is 15.7 Å². The smallest absolute Gasteiger partial charge is 0.264 e. The lowest BCUT2D eigenvalue weighted by Crippen LogP contribution is -2.14. The van der Waals surface area contributed by atoms with Gasteiger partial charge in [0.05, 0.1) is 5.56 Å². The minimum Gasteiger partial charge on any atom is -0.421 e. The summed E-state index contributed by atoms with van der Waals surface area (Å²) in [5.74, 6) is 0.854. The molecule has 2 heterocycles. The molecule has 138 valence electrons. The van der Waals surface area contributed by atoms with Crippen molar-refractivity contribution in [3.63, 3.8) is 0 Å². The van der Waals surface area contributed by atoms with Gasteiger partial charge >= 0.3 is 0 Å². The molecule has 0 aliphatic carbocycles. The van der Waals surface area contributed by atoms with Gasteiger partial charge in [-0.25, -0.2) is 8.42 Å². The van der Waals surface area contributed by atoms with Crippen LogP contribution in [0.5, 0.6) is 0 Å². The molecule has 0 fully saturated rings. The van der Waals surface area contributed by atoms with Crippen LogP contribution in [0.15, 0.2) is 33.6 Å². The molecule has 0 spiro atoms. The Bertz CT molecular complexity index is 1050. The van der Waals surface area contributed by atoms with E-state index >= 15 is 0 Å². The minimum atomic E-state index is -3.84. The van der Waals surface area contributed by atoms with E-state index in [1.54, 1.807) is 26.8 Å². The van der Waals surface area contributed by atoms with Crippen molar-refractivity contribution in [2.75, 3.05) is 4.72 Å².